The largest absolute Gasteiger partial charge is 0.333 e. The van der Waals surface area contributed by atoms with E-state index >= 15 is 0 Å². The average Bonchev–Trinajstić information content (AvgIpc) is 3.11. The molecule has 0 atom stereocenters. The first-order valence-corrected chi connectivity index (χ1v) is 9.88. The molecule has 0 unspecified atom stereocenters. The third kappa shape index (κ3) is 3.21. The van der Waals surface area contributed by atoms with Crippen molar-refractivity contribution in [2.45, 2.75) is 4.90 Å². The second-order valence-corrected chi connectivity index (χ2v) is 8.49. The van der Waals surface area contributed by atoms with Gasteiger partial charge in [0.05, 0.1) is 10.6 Å². The Morgan fingerprint density at radius 1 is 0.926 bits per heavy atom. The first-order valence-electron chi connectivity index (χ1n) is 7.65. The number of hydrogen-bond acceptors (Lipinski definition) is 5. The third-order valence-corrected chi connectivity index (χ3v) is 6.30. The maximum absolute atomic E-state index is 12.9. The summed E-state index contributed by atoms with van der Waals surface area (Å²) in [5.74, 6) is -1.59. The summed E-state index contributed by atoms with van der Waals surface area (Å²) in [4.78, 5) is 38.1. The Labute approximate surface area is 163 Å². The van der Waals surface area contributed by atoms with Crippen LogP contribution in [0.2, 0.25) is 0 Å². The van der Waals surface area contributed by atoms with E-state index in [9.17, 15) is 22.8 Å². The summed E-state index contributed by atoms with van der Waals surface area (Å²) in [6.07, 6.45) is 2.49. The van der Waals surface area contributed by atoms with Crippen LogP contribution >= 0.6 is 15.9 Å². The van der Waals surface area contributed by atoms with Crippen molar-refractivity contribution >= 4 is 49.9 Å². The fraction of sp³-hybridized carbons (Fsp3) is 0.118. The predicted molar refractivity (Wildman–Crippen MR) is 100 cm³/mol. The van der Waals surface area contributed by atoms with Crippen molar-refractivity contribution in [2.75, 3.05) is 14.1 Å². The molecule has 10 heteroatoms. The number of halogens is 1. The van der Waals surface area contributed by atoms with Crippen molar-refractivity contribution in [3.05, 3.63) is 58.3 Å². The maximum atomic E-state index is 12.9. The Morgan fingerprint density at radius 3 is 2.04 bits per heavy atom. The van der Waals surface area contributed by atoms with Gasteiger partial charge in [0.25, 0.3) is 21.8 Å². The summed E-state index contributed by atoms with van der Waals surface area (Å²) in [5, 5.41) is 0. The molecule has 0 spiro atoms. The highest BCUT2D eigenvalue weighted by atomic mass is 79.9. The lowest BCUT2D eigenvalue weighted by molar-refractivity contribution is -0.134. The number of barbiturate groups is 1. The fourth-order valence-electron chi connectivity index (χ4n) is 2.55. The van der Waals surface area contributed by atoms with Crippen molar-refractivity contribution < 1.29 is 22.8 Å². The quantitative estimate of drug-likeness (QED) is 0.524. The summed E-state index contributed by atoms with van der Waals surface area (Å²) in [5.41, 5.74) is -0.184. The number of benzene rings is 1. The molecule has 1 fully saturated rings. The van der Waals surface area contributed by atoms with Crippen LogP contribution in [-0.4, -0.2) is 54.1 Å². The zero-order valence-electron chi connectivity index (χ0n) is 14.3. The smallest absolute Gasteiger partial charge is 0.268 e. The lowest BCUT2D eigenvalue weighted by Gasteiger charge is -2.28. The van der Waals surface area contributed by atoms with Crippen LogP contribution in [0.4, 0.5) is 4.79 Å². The van der Waals surface area contributed by atoms with Gasteiger partial charge in [-0.15, -0.1) is 0 Å². The minimum atomic E-state index is -3.93. The Kier molecular flexibility index (Phi) is 4.79. The molecule has 1 aliphatic heterocycles. The Hall–Kier alpha value is -2.72. The molecule has 2 aromatic rings. The average molecular weight is 452 g/mol. The molecule has 0 aliphatic carbocycles. The van der Waals surface area contributed by atoms with Crippen molar-refractivity contribution in [2.24, 2.45) is 0 Å². The van der Waals surface area contributed by atoms with Gasteiger partial charge in [0.15, 0.2) is 0 Å². The van der Waals surface area contributed by atoms with Crippen molar-refractivity contribution in [3.8, 4) is 0 Å². The standard InChI is InChI=1S/C17H14BrN3O5S/c1-19-15(22)14(16(23)20(2)17(19)24)10-12-4-3-9-21(12)27(25,26)13-7-5-11(18)6-8-13/h3-10H,1-2H3. The molecule has 1 saturated heterocycles. The van der Waals surface area contributed by atoms with Crippen molar-refractivity contribution in [1.29, 1.82) is 0 Å². The monoisotopic (exact) mass is 451 g/mol. The van der Waals surface area contributed by atoms with Crippen molar-refractivity contribution in [1.82, 2.24) is 13.8 Å². The van der Waals surface area contributed by atoms with Gasteiger partial charge in [0.1, 0.15) is 5.57 Å². The van der Waals surface area contributed by atoms with E-state index in [1.54, 1.807) is 12.1 Å². The topological polar surface area (TPSA) is 96.8 Å². The molecule has 1 aliphatic rings. The van der Waals surface area contributed by atoms with Crippen LogP contribution in [0, 0.1) is 0 Å². The number of urea groups is 1. The molecule has 3 rings (SSSR count). The number of imide groups is 2. The van der Waals surface area contributed by atoms with Gasteiger partial charge in [0, 0.05) is 24.8 Å². The van der Waals surface area contributed by atoms with Crippen LogP contribution in [0.1, 0.15) is 5.69 Å². The van der Waals surface area contributed by atoms with E-state index in [0.29, 0.717) is 0 Å². The van der Waals surface area contributed by atoms with Crippen LogP contribution < -0.4 is 0 Å². The molecule has 8 nitrogen and oxygen atoms in total. The fourth-order valence-corrected chi connectivity index (χ4v) is 4.15. The number of nitrogens with zero attached hydrogens (tertiary/aromatic N) is 3. The summed E-state index contributed by atoms with van der Waals surface area (Å²) < 4.78 is 27.5. The number of rotatable bonds is 3. The second kappa shape index (κ2) is 6.78. The molecule has 1 aromatic heterocycles. The second-order valence-electron chi connectivity index (χ2n) is 5.76. The van der Waals surface area contributed by atoms with E-state index in [1.165, 1.54) is 50.6 Å². The van der Waals surface area contributed by atoms with E-state index in [1.807, 2.05) is 0 Å². The van der Waals surface area contributed by atoms with E-state index in [4.69, 9.17) is 0 Å². The minimum absolute atomic E-state index is 0.0484. The molecule has 4 amide bonds. The molecule has 0 saturated carbocycles. The number of carbonyl (C=O) groups excluding carboxylic acids is 3. The number of hydrogen-bond donors (Lipinski definition) is 0. The van der Waals surface area contributed by atoms with E-state index < -0.39 is 27.9 Å². The molecule has 0 bridgehead atoms. The highest BCUT2D eigenvalue weighted by Gasteiger charge is 2.38. The van der Waals surface area contributed by atoms with Crippen LogP contribution in [0.25, 0.3) is 6.08 Å². The first kappa shape index (κ1) is 19.1. The highest BCUT2D eigenvalue weighted by Crippen LogP contribution is 2.22. The lowest BCUT2D eigenvalue weighted by Crippen LogP contribution is -2.52. The van der Waals surface area contributed by atoms with Crippen LogP contribution in [-0.2, 0) is 19.6 Å². The number of carbonyl (C=O) groups is 3. The number of aromatic nitrogens is 1. The van der Waals surface area contributed by atoms with E-state index in [-0.39, 0.29) is 16.2 Å². The summed E-state index contributed by atoms with van der Waals surface area (Å²) in [7, 11) is -1.43. The molecular formula is C17H14BrN3O5S. The number of amides is 4. The Balaban J connectivity index is 2.09. The van der Waals surface area contributed by atoms with Gasteiger partial charge < -0.3 is 0 Å². The number of likely N-dealkylation sites (N-methyl/N-ethyl adjacent to an activating group) is 2. The summed E-state index contributed by atoms with van der Waals surface area (Å²) in [6.45, 7) is 0. The molecule has 27 heavy (non-hydrogen) atoms. The van der Waals surface area contributed by atoms with E-state index in [2.05, 4.69) is 15.9 Å². The van der Waals surface area contributed by atoms with Crippen LogP contribution in [0.3, 0.4) is 0 Å². The summed E-state index contributed by atoms with van der Waals surface area (Å²) >= 11 is 3.25. The predicted octanol–water partition coefficient (Wildman–Crippen LogP) is 1.92. The van der Waals surface area contributed by atoms with Crippen molar-refractivity contribution in [3.63, 3.8) is 0 Å². The Morgan fingerprint density at radius 2 is 1.48 bits per heavy atom. The SMILES string of the molecule is CN1C(=O)C(=Cc2cccn2S(=O)(=O)c2ccc(Br)cc2)C(=O)N(C)C1=O. The normalized spacial score (nSPS) is 15.5. The molecule has 2 heterocycles. The molecule has 1 aromatic carbocycles. The van der Waals surface area contributed by atoms with Crippen LogP contribution in [0.15, 0.2) is 57.5 Å². The van der Waals surface area contributed by atoms with Gasteiger partial charge in [-0.25, -0.2) is 17.2 Å². The minimum Gasteiger partial charge on any atom is -0.268 e. The molecule has 140 valence electrons. The summed E-state index contributed by atoms with van der Waals surface area (Å²) in [6, 6.07) is 8.26. The lowest BCUT2D eigenvalue weighted by atomic mass is 10.1. The Bertz CT molecular complexity index is 1060. The molecule has 0 radical (unpaired) electrons. The van der Waals surface area contributed by atoms with Gasteiger partial charge in [-0.05, 0) is 42.5 Å². The van der Waals surface area contributed by atoms with Gasteiger partial charge in [-0.3, -0.25) is 19.4 Å². The van der Waals surface area contributed by atoms with Gasteiger partial charge in [-0.1, -0.05) is 15.9 Å². The van der Waals surface area contributed by atoms with E-state index in [0.717, 1.165) is 18.2 Å². The third-order valence-electron chi connectivity index (χ3n) is 4.05. The van der Waals surface area contributed by atoms with Crippen LogP contribution in [0.5, 0.6) is 0 Å². The van der Waals surface area contributed by atoms with Gasteiger partial charge in [0.2, 0.25) is 0 Å². The molecular weight excluding hydrogens is 438 g/mol. The first-order chi connectivity index (χ1) is 12.6. The zero-order valence-corrected chi connectivity index (χ0v) is 16.7. The zero-order chi connectivity index (χ0) is 19.9. The van der Waals surface area contributed by atoms with Gasteiger partial charge in [-0.2, -0.15) is 0 Å². The highest BCUT2D eigenvalue weighted by molar-refractivity contribution is 9.10. The maximum Gasteiger partial charge on any atom is 0.333 e. The van der Waals surface area contributed by atoms with Gasteiger partial charge >= 0.3 is 6.03 Å². The molecule has 0 N–H and O–H groups in total.